The van der Waals surface area contributed by atoms with Crippen LogP contribution in [0, 0.1) is 11.6 Å². The maximum absolute atomic E-state index is 14.2. The van der Waals surface area contributed by atoms with Crippen molar-refractivity contribution >= 4 is 11.7 Å². The van der Waals surface area contributed by atoms with Gasteiger partial charge in [-0.15, -0.1) is 0 Å². The topological polar surface area (TPSA) is 46.9 Å². The van der Waals surface area contributed by atoms with Crippen LogP contribution in [0.2, 0.25) is 0 Å². The van der Waals surface area contributed by atoms with Crippen LogP contribution in [-0.2, 0) is 11.3 Å². The van der Waals surface area contributed by atoms with E-state index in [0.717, 1.165) is 17.2 Å². The minimum atomic E-state index is -0.651. The summed E-state index contributed by atoms with van der Waals surface area (Å²) >= 11 is 0. The minimum Gasteiger partial charge on any atom is -0.311 e. The molecule has 4 nitrogen and oxygen atoms in total. The molecule has 1 aromatic heterocycles. The van der Waals surface area contributed by atoms with E-state index in [0.29, 0.717) is 17.9 Å². The van der Waals surface area contributed by atoms with E-state index in [-0.39, 0.29) is 12.3 Å². The van der Waals surface area contributed by atoms with Crippen molar-refractivity contribution in [3.63, 3.8) is 0 Å². The van der Waals surface area contributed by atoms with Crippen molar-refractivity contribution in [3.05, 3.63) is 83.1 Å². The summed E-state index contributed by atoms with van der Waals surface area (Å²) in [4.78, 5) is 12.1. The average Bonchev–Trinajstić information content (AvgIpc) is 2.98. The summed E-state index contributed by atoms with van der Waals surface area (Å²) in [5, 5.41) is 7.18. The zero-order valence-electron chi connectivity index (χ0n) is 13.2. The van der Waals surface area contributed by atoms with Crippen LogP contribution in [0.25, 0.3) is 0 Å². The molecule has 1 atom stereocenters. The molecule has 1 amide bonds. The smallest absolute Gasteiger partial charge is 0.226 e. The van der Waals surface area contributed by atoms with Gasteiger partial charge in [0.15, 0.2) is 0 Å². The van der Waals surface area contributed by atoms with Gasteiger partial charge in [0.1, 0.15) is 17.5 Å². The molecule has 1 aliphatic rings. The lowest BCUT2D eigenvalue weighted by Gasteiger charge is -2.24. The van der Waals surface area contributed by atoms with Crippen molar-refractivity contribution in [1.29, 1.82) is 0 Å². The van der Waals surface area contributed by atoms with E-state index < -0.39 is 17.6 Å². The molecule has 126 valence electrons. The van der Waals surface area contributed by atoms with Gasteiger partial charge in [-0.2, -0.15) is 5.10 Å². The monoisotopic (exact) mass is 339 g/mol. The van der Waals surface area contributed by atoms with Gasteiger partial charge in [-0.05, 0) is 17.2 Å². The van der Waals surface area contributed by atoms with E-state index in [1.165, 1.54) is 12.1 Å². The summed E-state index contributed by atoms with van der Waals surface area (Å²) in [6.07, 6.45) is 1.75. The molecule has 0 spiro atoms. The van der Waals surface area contributed by atoms with Crippen molar-refractivity contribution < 1.29 is 13.6 Å². The van der Waals surface area contributed by atoms with Crippen LogP contribution in [0.1, 0.15) is 29.0 Å². The summed E-state index contributed by atoms with van der Waals surface area (Å²) in [5.41, 5.74) is 2.08. The fourth-order valence-electron chi connectivity index (χ4n) is 3.21. The molecule has 2 aromatic carbocycles. The first-order valence-electron chi connectivity index (χ1n) is 7.96. The van der Waals surface area contributed by atoms with Crippen molar-refractivity contribution in [1.82, 2.24) is 9.78 Å². The van der Waals surface area contributed by atoms with E-state index in [2.05, 4.69) is 10.4 Å². The van der Waals surface area contributed by atoms with E-state index in [1.54, 1.807) is 10.9 Å². The van der Waals surface area contributed by atoms with Crippen molar-refractivity contribution in [2.24, 2.45) is 0 Å². The zero-order chi connectivity index (χ0) is 17.4. The molecule has 25 heavy (non-hydrogen) atoms. The van der Waals surface area contributed by atoms with Crippen molar-refractivity contribution in [3.8, 4) is 0 Å². The van der Waals surface area contributed by atoms with Crippen LogP contribution in [0.5, 0.6) is 0 Å². The van der Waals surface area contributed by atoms with Gasteiger partial charge in [-0.25, -0.2) is 13.5 Å². The second-order valence-electron chi connectivity index (χ2n) is 6.06. The Morgan fingerprint density at radius 1 is 1.12 bits per heavy atom. The number of hydrogen-bond acceptors (Lipinski definition) is 2. The molecular formula is C19H15F2N3O. The van der Waals surface area contributed by atoms with E-state index in [1.807, 2.05) is 30.3 Å². The molecule has 4 rings (SSSR count). The lowest BCUT2D eigenvalue weighted by atomic mass is 9.87. The fourth-order valence-corrected chi connectivity index (χ4v) is 3.21. The number of hydrogen-bond donors (Lipinski definition) is 1. The predicted octanol–water partition coefficient (Wildman–Crippen LogP) is 3.68. The molecule has 0 saturated carbocycles. The number of nitrogens with one attached hydrogen (secondary N) is 1. The third-order valence-corrected chi connectivity index (χ3v) is 4.40. The Hall–Kier alpha value is -3.02. The van der Waals surface area contributed by atoms with Gasteiger partial charge >= 0.3 is 0 Å². The van der Waals surface area contributed by atoms with Gasteiger partial charge in [0.2, 0.25) is 5.91 Å². The average molecular weight is 339 g/mol. The predicted molar refractivity (Wildman–Crippen MR) is 89.2 cm³/mol. The van der Waals surface area contributed by atoms with Crippen LogP contribution in [0.4, 0.5) is 14.6 Å². The van der Waals surface area contributed by atoms with Crippen LogP contribution < -0.4 is 5.32 Å². The molecule has 1 aliphatic heterocycles. The third-order valence-electron chi connectivity index (χ3n) is 4.40. The number of halogens is 2. The van der Waals surface area contributed by atoms with Crippen LogP contribution in [0.15, 0.2) is 54.7 Å². The molecule has 0 radical (unpaired) electrons. The Kier molecular flexibility index (Phi) is 3.80. The SMILES string of the molecule is O=C1C[C@@H](c2ccc(F)cc2F)c2cnn(Cc3ccccc3)c2N1. The van der Waals surface area contributed by atoms with Gasteiger partial charge in [-0.3, -0.25) is 4.79 Å². The quantitative estimate of drug-likeness (QED) is 0.791. The van der Waals surface area contributed by atoms with Gasteiger partial charge < -0.3 is 5.32 Å². The summed E-state index contributed by atoms with van der Waals surface area (Å²) in [5.74, 6) is -1.42. The Morgan fingerprint density at radius 2 is 1.92 bits per heavy atom. The second-order valence-corrected chi connectivity index (χ2v) is 6.06. The van der Waals surface area contributed by atoms with E-state index >= 15 is 0 Å². The van der Waals surface area contributed by atoms with E-state index in [9.17, 15) is 13.6 Å². The maximum Gasteiger partial charge on any atom is 0.226 e. The number of aromatic nitrogens is 2. The van der Waals surface area contributed by atoms with Gasteiger partial charge in [0.05, 0.1) is 12.7 Å². The molecule has 0 bridgehead atoms. The largest absolute Gasteiger partial charge is 0.311 e. The highest BCUT2D eigenvalue weighted by Crippen LogP contribution is 2.38. The molecule has 0 aliphatic carbocycles. The Balaban J connectivity index is 1.74. The number of carbonyl (C=O) groups excluding carboxylic acids is 1. The highest BCUT2D eigenvalue weighted by molar-refractivity contribution is 5.94. The first-order chi connectivity index (χ1) is 12.1. The van der Waals surface area contributed by atoms with Crippen LogP contribution in [-0.4, -0.2) is 15.7 Å². The summed E-state index contributed by atoms with van der Waals surface area (Å²) in [7, 11) is 0. The molecule has 0 saturated heterocycles. The van der Waals surface area contributed by atoms with Crippen molar-refractivity contribution in [2.75, 3.05) is 5.32 Å². The highest BCUT2D eigenvalue weighted by atomic mass is 19.1. The van der Waals surface area contributed by atoms with E-state index in [4.69, 9.17) is 0 Å². The Bertz CT molecular complexity index is 937. The molecule has 2 heterocycles. The minimum absolute atomic E-state index is 0.104. The first-order valence-corrected chi connectivity index (χ1v) is 7.96. The second kappa shape index (κ2) is 6.12. The highest BCUT2D eigenvalue weighted by Gasteiger charge is 2.31. The third kappa shape index (κ3) is 2.91. The lowest BCUT2D eigenvalue weighted by Crippen LogP contribution is -2.25. The molecule has 0 fully saturated rings. The number of rotatable bonds is 3. The number of nitrogens with zero attached hydrogens (tertiary/aromatic N) is 2. The number of amides is 1. The molecule has 6 heteroatoms. The summed E-state index contributed by atoms with van der Waals surface area (Å²) in [6.45, 7) is 0.495. The Morgan fingerprint density at radius 3 is 2.68 bits per heavy atom. The summed E-state index contributed by atoms with van der Waals surface area (Å²) < 4.78 is 29.1. The normalized spacial score (nSPS) is 16.4. The van der Waals surface area contributed by atoms with Gasteiger partial charge in [0.25, 0.3) is 0 Å². The Labute approximate surface area is 143 Å². The lowest BCUT2D eigenvalue weighted by molar-refractivity contribution is -0.116. The molecular weight excluding hydrogens is 324 g/mol. The zero-order valence-corrected chi connectivity index (χ0v) is 13.2. The number of anilines is 1. The fraction of sp³-hybridized carbons (Fsp3) is 0.158. The van der Waals surface area contributed by atoms with Gasteiger partial charge in [-0.1, -0.05) is 36.4 Å². The maximum atomic E-state index is 14.2. The number of fused-ring (bicyclic) bond motifs is 1. The molecule has 1 N–H and O–H groups in total. The summed E-state index contributed by atoms with van der Waals surface area (Å²) in [6, 6.07) is 13.2. The van der Waals surface area contributed by atoms with Crippen LogP contribution in [0.3, 0.4) is 0 Å². The molecule has 3 aromatic rings. The first kappa shape index (κ1) is 15.5. The standard InChI is InChI=1S/C19H15F2N3O/c20-13-6-7-14(17(21)8-13)15-9-18(25)23-19-16(15)10-22-24(19)11-12-4-2-1-3-5-12/h1-8,10,15H,9,11H2,(H,23,25)/t15-/m0/s1. The van der Waals surface area contributed by atoms with Crippen LogP contribution >= 0.6 is 0 Å². The van der Waals surface area contributed by atoms with Gasteiger partial charge in [0, 0.05) is 24.0 Å². The number of carbonyl (C=O) groups is 1. The number of benzene rings is 2. The van der Waals surface area contributed by atoms with Crippen molar-refractivity contribution in [2.45, 2.75) is 18.9 Å². The molecule has 0 unspecified atom stereocenters.